The number of aryl methyl sites for hydroxylation is 1. The SMILES string of the molecule is O=C(O)C=Cc1ccc(C2=C(c3ccc(O)cc3)CCCc3ccccc32)cc1. The first-order chi connectivity index (χ1) is 14.1. The Labute approximate surface area is 170 Å². The van der Waals surface area contributed by atoms with Gasteiger partial charge >= 0.3 is 5.97 Å². The maximum Gasteiger partial charge on any atom is 0.328 e. The highest BCUT2D eigenvalue weighted by Crippen LogP contribution is 2.40. The Kier molecular flexibility index (Phi) is 5.30. The molecule has 3 aromatic carbocycles. The van der Waals surface area contributed by atoms with Crippen LogP contribution in [0.2, 0.25) is 0 Å². The van der Waals surface area contributed by atoms with E-state index in [1.165, 1.54) is 22.3 Å². The number of phenolic OH excluding ortho intramolecular Hbond substituents is 1. The predicted molar refractivity (Wildman–Crippen MR) is 117 cm³/mol. The summed E-state index contributed by atoms with van der Waals surface area (Å²) in [5, 5.41) is 18.5. The van der Waals surface area contributed by atoms with Crippen LogP contribution in [0.4, 0.5) is 0 Å². The van der Waals surface area contributed by atoms with E-state index in [-0.39, 0.29) is 5.75 Å². The average Bonchev–Trinajstić information content (AvgIpc) is 2.93. The van der Waals surface area contributed by atoms with Crippen LogP contribution in [-0.4, -0.2) is 16.2 Å². The number of rotatable bonds is 4. The molecule has 4 rings (SSSR count). The number of hydrogen-bond donors (Lipinski definition) is 2. The molecule has 144 valence electrons. The molecule has 0 spiro atoms. The summed E-state index contributed by atoms with van der Waals surface area (Å²) in [6.45, 7) is 0. The highest BCUT2D eigenvalue weighted by Gasteiger charge is 2.19. The molecule has 3 aromatic rings. The van der Waals surface area contributed by atoms with E-state index in [0.29, 0.717) is 0 Å². The molecule has 0 atom stereocenters. The zero-order chi connectivity index (χ0) is 20.2. The zero-order valence-corrected chi connectivity index (χ0v) is 16.0. The standard InChI is InChI=1S/C26H22O3/c27-22-15-13-20(14-16-22)24-7-3-5-19-4-1-2-6-23(19)26(24)21-11-8-18(9-12-21)10-17-25(28)29/h1-2,4,6,8-17,27H,3,5,7H2,(H,28,29). The van der Waals surface area contributed by atoms with Gasteiger partial charge in [0, 0.05) is 6.08 Å². The molecule has 0 radical (unpaired) electrons. The molecule has 3 nitrogen and oxygen atoms in total. The minimum absolute atomic E-state index is 0.263. The van der Waals surface area contributed by atoms with Gasteiger partial charge in [-0.05, 0) is 76.4 Å². The zero-order valence-electron chi connectivity index (χ0n) is 16.0. The maximum atomic E-state index is 10.8. The van der Waals surface area contributed by atoms with Crippen molar-refractivity contribution in [3.8, 4) is 5.75 Å². The van der Waals surface area contributed by atoms with Crippen LogP contribution in [-0.2, 0) is 11.2 Å². The molecule has 0 aliphatic heterocycles. The van der Waals surface area contributed by atoms with Gasteiger partial charge in [0.2, 0.25) is 0 Å². The Morgan fingerprint density at radius 3 is 2.24 bits per heavy atom. The van der Waals surface area contributed by atoms with E-state index in [0.717, 1.165) is 42.0 Å². The van der Waals surface area contributed by atoms with Gasteiger partial charge in [0.25, 0.3) is 0 Å². The number of allylic oxidation sites excluding steroid dienone is 1. The molecule has 0 unspecified atom stereocenters. The number of aliphatic carboxylic acids is 1. The lowest BCUT2D eigenvalue weighted by atomic mass is 9.87. The van der Waals surface area contributed by atoms with Gasteiger partial charge in [0.1, 0.15) is 5.75 Å². The fourth-order valence-corrected chi connectivity index (χ4v) is 3.93. The van der Waals surface area contributed by atoms with Gasteiger partial charge in [-0.3, -0.25) is 0 Å². The van der Waals surface area contributed by atoms with Crippen molar-refractivity contribution < 1.29 is 15.0 Å². The number of phenols is 1. The van der Waals surface area contributed by atoms with E-state index in [2.05, 4.69) is 36.4 Å². The van der Waals surface area contributed by atoms with Crippen molar-refractivity contribution in [3.63, 3.8) is 0 Å². The molecule has 29 heavy (non-hydrogen) atoms. The number of fused-ring (bicyclic) bond motifs is 1. The minimum Gasteiger partial charge on any atom is -0.508 e. The van der Waals surface area contributed by atoms with E-state index in [4.69, 9.17) is 5.11 Å². The first-order valence-corrected chi connectivity index (χ1v) is 9.74. The second-order valence-electron chi connectivity index (χ2n) is 7.20. The fraction of sp³-hybridized carbons (Fsp3) is 0.115. The fourth-order valence-electron chi connectivity index (χ4n) is 3.93. The molecular formula is C26H22O3. The highest BCUT2D eigenvalue weighted by molar-refractivity contribution is 6.00. The summed E-state index contributed by atoms with van der Waals surface area (Å²) in [5.41, 5.74) is 8.12. The van der Waals surface area contributed by atoms with Crippen LogP contribution in [0.15, 0.2) is 78.9 Å². The molecule has 0 fully saturated rings. The molecule has 0 saturated heterocycles. The third kappa shape index (κ3) is 4.14. The number of carbonyl (C=O) groups is 1. The Morgan fingerprint density at radius 2 is 1.52 bits per heavy atom. The van der Waals surface area contributed by atoms with Crippen molar-refractivity contribution in [2.45, 2.75) is 19.3 Å². The highest BCUT2D eigenvalue weighted by atomic mass is 16.4. The second kappa shape index (κ2) is 8.19. The number of carboxylic acids is 1. The van der Waals surface area contributed by atoms with Crippen molar-refractivity contribution in [3.05, 3.63) is 107 Å². The number of carboxylic acid groups (broad SMARTS) is 1. The van der Waals surface area contributed by atoms with Gasteiger partial charge in [-0.1, -0.05) is 60.7 Å². The topological polar surface area (TPSA) is 57.5 Å². The van der Waals surface area contributed by atoms with Gasteiger partial charge < -0.3 is 10.2 Å². The Morgan fingerprint density at radius 1 is 0.828 bits per heavy atom. The lowest BCUT2D eigenvalue weighted by Gasteiger charge is -2.17. The number of aromatic hydroxyl groups is 1. The molecular weight excluding hydrogens is 360 g/mol. The monoisotopic (exact) mass is 382 g/mol. The van der Waals surface area contributed by atoms with Crippen LogP contribution < -0.4 is 0 Å². The van der Waals surface area contributed by atoms with Crippen LogP contribution in [0.5, 0.6) is 5.75 Å². The normalized spacial score (nSPS) is 13.9. The minimum atomic E-state index is -0.955. The molecule has 3 heteroatoms. The summed E-state index contributed by atoms with van der Waals surface area (Å²) in [4.78, 5) is 10.8. The van der Waals surface area contributed by atoms with Crippen LogP contribution in [0, 0.1) is 0 Å². The predicted octanol–water partition coefficient (Wildman–Crippen LogP) is 5.79. The molecule has 1 aliphatic rings. The van der Waals surface area contributed by atoms with E-state index in [1.807, 2.05) is 24.3 Å². The molecule has 0 aromatic heterocycles. The van der Waals surface area contributed by atoms with Crippen LogP contribution >= 0.6 is 0 Å². The molecule has 2 N–H and O–H groups in total. The van der Waals surface area contributed by atoms with Crippen molar-refractivity contribution in [1.82, 2.24) is 0 Å². The Balaban J connectivity index is 1.88. The molecule has 0 amide bonds. The third-order valence-corrected chi connectivity index (χ3v) is 5.29. The summed E-state index contributed by atoms with van der Waals surface area (Å²) in [7, 11) is 0. The van der Waals surface area contributed by atoms with Gasteiger partial charge in [-0.2, -0.15) is 0 Å². The first-order valence-electron chi connectivity index (χ1n) is 9.74. The number of benzene rings is 3. The van der Waals surface area contributed by atoms with Crippen LogP contribution in [0.1, 0.15) is 40.7 Å². The van der Waals surface area contributed by atoms with E-state index >= 15 is 0 Å². The van der Waals surface area contributed by atoms with E-state index < -0.39 is 5.97 Å². The van der Waals surface area contributed by atoms with Gasteiger partial charge in [-0.15, -0.1) is 0 Å². The van der Waals surface area contributed by atoms with Crippen LogP contribution in [0.3, 0.4) is 0 Å². The Hall–Kier alpha value is -3.59. The van der Waals surface area contributed by atoms with Gasteiger partial charge in [0.05, 0.1) is 0 Å². The lowest BCUT2D eigenvalue weighted by Crippen LogP contribution is -1.96. The molecule has 1 aliphatic carbocycles. The summed E-state index contributed by atoms with van der Waals surface area (Å²) < 4.78 is 0. The molecule has 0 bridgehead atoms. The van der Waals surface area contributed by atoms with Crippen molar-refractivity contribution in [2.75, 3.05) is 0 Å². The van der Waals surface area contributed by atoms with E-state index in [9.17, 15) is 9.90 Å². The maximum absolute atomic E-state index is 10.8. The first kappa shape index (κ1) is 18.8. The second-order valence-corrected chi connectivity index (χ2v) is 7.20. The summed E-state index contributed by atoms with van der Waals surface area (Å²) in [6, 6.07) is 23.9. The van der Waals surface area contributed by atoms with Crippen LogP contribution in [0.25, 0.3) is 17.2 Å². The quantitative estimate of drug-likeness (QED) is 0.562. The smallest absolute Gasteiger partial charge is 0.328 e. The third-order valence-electron chi connectivity index (χ3n) is 5.29. The summed E-state index contributed by atoms with van der Waals surface area (Å²) in [5.74, 6) is -0.691. The molecule has 0 saturated carbocycles. The van der Waals surface area contributed by atoms with Crippen molar-refractivity contribution in [2.24, 2.45) is 0 Å². The van der Waals surface area contributed by atoms with Gasteiger partial charge in [0.15, 0.2) is 0 Å². The Bertz CT molecular complexity index is 1090. The summed E-state index contributed by atoms with van der Waals surface area (Å²) >= 11 is 0. The lowest BCUT2D eigenvalue weighted by molar-refractivity contribution is -0.131. The van der Waals surface area contributed by atoms with Crippen molar-refractivity contribution in [1.29, 1.82) is 0 Å². The van der Waals surface area contributed by atoms with Crippen molar-refractivity contribution >= 4 is 23.2 Å². The van der Waals surface area contributed by atoms with Gasteiger partial charge in [-0.25, -0.2) is 4.79 Å². The number of hydrogen-bond acceptors (Lipinski definition) is 2. The van der Waals surface area contributed by atoms with E-state index in [1.54, 1.807) is 18.2 Å². The largest absolute Gasteiger partial charge is 0.508 e. The average molecular weight is 382 g/mol. The molecule has 0 heterocycles. The summed E-state index contributed by atoms with van der Waals surface area (Å²) in [6.07, 6.45) is 5.80.